The summed E-state index contributed by atoms with van der Waals surface area (Å²) in [7, 11) is 4.19. The van der Waals surface area contributed by atoms with Gasteiger partial charge in [-0.3, -0.25) is 0 Å². The first kappa shape index (κ1) is 45.5. The van der Waals surface area contributed by atoms with Crippen LogP contribution in [0.4, 0.5) is 0 Å². The topological polar surface area (TPSA) is 52.9 Å². The molecule has 0 aliphatic rings. The molecular formula is C55H73NO3. The fourth-order valence-corrected chi connectivity index (χ4v) is 7.74. The number of ether oxygens (including phenoxy) is 1. The maximum atomic E-state index is 12.5. The van der Waals surface area contributed by atoms with E-state index in [0.29, 0.717) is 23.5 Å². The minimum atomic E-state index is -0.0750. The highest BCUT2D eigenvalue weighted by atomic mass is 16.5. The Balaban J connectivity index is 1.80. The lowest BCUT2D eigenvalue weighted by Crippen LogP contribution is -2.16. The molecule has 59 heavy (non-hydrogen) atoms. The highest BCUT2D eigenvalue weighted by Crippen LogP contribution is 2.50. The Hall–Kier alpha value is -4.54. The molecule has 0 bridgehead atoms. The minimum Gasteiger partial charge on any atom is -0.507 e. The first-order chi connectivity index (χ1) is 27.1. The second-order valence-corrected chi connectivity index (χ2v) is 21.6. The van der Waals surface area contributed by atoms with Crippen LogP contribution in [-0.4, -0.2) is 42.4 Å². The van der Waals surface area contributed by atoms with Crippen LogP contribution in [0.2, 0.25) is 0 Å². The van der Waals surface area contributed by atoms with Crippen LogP contribution in [-0.2, 0) is 21.7 Å². The fourth-order valence-electron chi connectivity index (χ4n) is 7.74. The smallest absolute Gasteiger partial charge is 0.135 e. The van der Waals surface area contributed by atoms with Crippen molar-refractivity contribution in [3.8, 4) is 61.8 Å². The molecule has 316 valence electrons. The second kappa shape index (κ2) is 16.8. The van der Waals surface area contributed by atoms with Crippen LogP contribution in [0.25, 0.3) is 44.5 Å². The van der Waals surface area contributed by atoms with Gasteiger partial charge >= 0.3 is 0 Å². The molecule has 0 saturated heterocycles. The molecule has 5 rings (SSSR count). The van der Waals surface area contributed by atoms with Gasteiger partial charge in [-0.1, -0.05) is 119 Å². The third kappa shape index (κ3) is 10.6. The molecule has 0 amide bonds. The third-order valence-electron chi connectivity index (χ3n) is 11.5. The van der Waals surface area contributed by atoms with Crippen LogP contribution in [0.1, 0.15) is 135 Å². The molecule has 0 fully saturated rings. The molecule has 0 saturated carbocycles. The number of hydrogen-bond acceptors (Lipinski definition) is 4. The Kier molecular flexibility index (Phi) is 13.0. The summed E-state index contributed by atoms with van der Waals surface area (Å²) in [5.41, 5.74) is 14.4. The van der Waals surface area contributed by atoms with Gasteiger partial charge in [0.25, 0.3) is 0 Å². The van der Waals surface area contributed by atoms with E-state index in [1.54, 1.807) is 0 Å². The van der Waals surface area contributed by atoms with E-state index in [0.717, 1.165) is 69.5 Å². The molecule has 5 aromatic carbocycles. The van der Waals surface area contributed by atoms with Gasteiger partial charge in [0.2, 0.25) is 0 Å². The Labute approximate surface area is 357 Å². The summed E-state index contributed by atoms with van der Waals surface area (Å²) in [4.78, 5) is 2.20. The summed E-state index contributed by atoms with van der Waals surface area (Å²) < 4.78 is 6.91. The molecule has 0 spiro atoms. The van der Waals surface area contributed by atoms with Crippen molar-refractivity contribution >= 4 is 0 Å². The Morgan fingerprint density at radius 1 is 0.424 bits per heavy atom. The fraction of sp³-hybridized carbons (Fsp3) is 0.455. The molecule has 2 N–H and O–H groups in total. The number of benzene rings is 5. The van der Waals surface area contributed by atoms with Crippen molar-refractivity contribution in [3.63, 3.8) is 0 Å². The van der Waals surface area contributed by atoms with E-state index >= 15 is 0 Å². The number of phenolic OH excluding ortho intramolecular Hbond substituents is 2. The van der Waals surface area contributed by atoms with Crippen LogP contribution in [0, 0.1) is 20.8 Å². The number of nitrogens with zero attached hydrogens (tertiary/aromatic N) is 1. The van der Waals surface area contributed by atoms with Crippen molar-refractivity contribution in [1.82, 2.24) is 4.90 Å². The lowest BCUT2D eigenvalue weighted by molar-refractivity contribution is 0.295. The molecule has 0 heterocycles. The molecule has 4 nitrogen and oxygen atoms in total. The van der Waals surface area contributed by atoms with Crippen LogP contribution < -0.4 is 4.74 Å². The molecule has 4 heteroatoms. The number of aromatic hydroxyl groups is 2. The van der Waals surface area contributed by atoms with Gasteiger partial charge in [0, 0.05) is 33.4 Å². The van der Waals surface area contributed by atoms with Crippen LogP contribution in [0.3, 0.4) is 0 Å². The first-order valence-electron chi connectivity index (χ1n) is 21.6. The molecule has 0 aromatic heterocycles. The number of aryl methyl sites for hydroxylation is 3. The van der Waals surface area contributed by atoms with E-state index in [1.165, 1.54) is 22.3 Å². The predicted octanol–water partition coefficient (Wildman–Crippen LogP) is 14.6. The predicted molar refractivity (Wildman–Crippen MR) is 254 cm³/mol. The molecule has 5 aromatic rings. The first-order valence-corrected chi connectivity index (χ1v) is 21.6. The van der Waals surface area contributed by atoms with Crippen molar-refractivity contribution in [1.29, 1.82) is 0 Å². The standard InChI is InChI=1S/C55H73NO3/c1-34-22-43(37-28-39(52(4,5)6)32-40(29-37)53(7,8)9)49(57)45(24-34)47-26-36(3)27-48(51(47)59-21-19-18-20-56(16)17)46-25-35(2)23-44(50(46)58)38-30-41(54(10,11)12)33-42(31-38)55(13,14)15/h22-33,57-58H,18-21H2,1-17H3. The third-order valence-corrected chi connectivity index (χ3v) is 11.5. The van der Waals surface area contributed by atoms with E-state index < -0.39 is 0 Å². The van der Waals surface area contributed by atoms with Gasteiger partial charge in [0.15, 0.2) is 0 Å². The molecule has 0 atom stereocenters. The molecule has 0 radical (unpaired) electrons. The summed E-state index contributed by atoms with van der Waals surface area (Å²) in [6, 6.07) is 26.2. The Morgan fingerprint density at radius 2 is 0.729 bits per heavy atom. The van der Waals surface area contributed by atoms with E-state index in [1.807, 2.05) is 0 Å². The van der Waals surface area contributed by atoms with Crippen molar-refractivity contribution in [2.75, 3.05) is 27.2 Å². The quantitative estimate of drug-likeness (QED) is 0.138. The van der Waals surface area contributed by atoms with Crippen LogP contribution in [0.5, 0.6) is 17.2 Å². The van der Waals surface area contributed by atoms with E-state index in [-0.39, 0.29) is 33.2 Å². The van der Waals surface area contributed by atoms with E-state index in [2.05, 4.69) is 196 Å². The largest absolute Gasteiger partial charge is 0.507 e. The zero-order chi connectivity index (χ0) is 44.0. The maximum absolute atomic E-state index is 12.5. The van der Waals surface area contributed by atoms with Gasteiger partial charge in [-0.15, -0.1) is 0 Å². The molecule has 0 unspecified atom stereocenters. The lowest BCUT2D eigenvalue weighted by Gasteiger charge is -2.27. The van der Waals surface area contributed by atoms with Gasteiger partial charge in [0.1, 0.15) is 17.2 Å². The van der Waals surface area contributed by atoms with Crippen molar-refractivity contribution in [2.45, 2.75) is 138 Å². The highest BCUT2D eigenvalue weighted by molar-refractivity contribution is 5.93. The minimum absolute atomic E-state index is 0.0750. The van der Waals surface area contributed by atoms with Crippen LogP contribution in [0.15, 0.2) is 72.8 Å². The number of unbranched alkanes of at least 4 members (excludes halogenated alkanes) is 1. The zero-order valence-electron chi connectivity index (χ0n) is 39.5. The van der Waals surface area contributed by atoms with Crippen molar-refractivity contribution in [3.05, 3.63) is 112 Å². The van der Waals surface area contributed by atoms with E-state index in [9.17, 15) is 10.2 Å². The average molecular weight is 796 g/mol. The van der Waals surface area contributed by atoms with Gasteiger partial charge in [-0.05, 0) is 162 Å². The van der Waals surface area contributed by atoms with Gasteiger partial charge in [0.05, 0.1) is 6.61 Å². The Morgan fingerprint density at radius 3 is 1.03 bits per heavy atom. The van der Waals surface area contributed by atoms with Crippen LogP contribution >= 0.6 is 0 Å². The van der Waals surface area contributed by atoms with Crippen molar-refractivity contribution < 1.29 is 14.9 Å². The normalized spacial score (nSPS) is 12.7. The summed E-state index contributed by atoms with van der Waals surface area (Å²) in [6.07, 6.45) is 1.86. The van der Waals surface area contributed by atoms with Gasteiger partial charge in [-0.2, -0.15) is 0 Å². The SMILES string of the molecule is Cc1cc(-c2cc(C(C)(C)C)cc(C(C)(C)C)c2)c(O)c(-c2cc(C)cc(-c3cc(C)cc(-c4cc(C(C)(C)C)cc(C(C)(C)C)c4)c3O)c2OCCCCN(C)C)c1. The number of phenols is 2. The molecule has 0 aliphatic carbocycles. The van der Waals surface area contributed by atoms with E-state index in [4.69, 9.17) is 4.74 Å². The zero-order valence-corrected chi connectivity index (χ0v) is 39.5. The van der Waals surface area contributed by atoms with Gasteiger partial charge in [-0.25, -0.2) is 0 Å². The summed E-state index contributed by atoms with van der Waals surface area (Å²) in [6.45, 7) is 34.7. The second-order valence-electron chi connectivity index (χ2n) is 21.6. The average Bonchev–Trinajstić information content (AvgIpc) is 3.11. The molecular weight excluding hydrogens is 723 g/mol. The monoisotopic (exact) mass is 796 g/mol. The number of hydrogen-bond donors (Lipinski definition) is 2. The lowest BCUT2D eigenvalue weighted by atomic mass is 9.78. The van der Waals surface area contributed by atoms with Gasteiger partial charge < -0.3 is 19.8 Å². The summed E-state index contributed by atoms with van der Waals surface area (Å²) in [5.74, 6) is 1.11. The summed E-state index contributed by atoms with van der Waals surface area (Å²) in [5, 5.41) is 25.0. The van der Waals surface area contributed by atoms with Crippen molar-refractivity contribution in [2.24, 2.45) is 0 Å². The number of rotatable bonds is 10. The summed E-state index contributed by atoms with van der Waals surface area (Å²) >= 11 is 0. The molecule has 0 aliphatic heterocycles. The Bertz CT molecular complexity index is 2100. The highest BCUT2D eigenvalue weighted by Gasteiger charge is 2.27. The maximum Gasteiger partial charge on any atom is 0.135 e.